The first-order valence-corrected chi connectivity index (χ1v) is 9.19. The first-order valence-electron chi connectivity index (χ1n) is 9.19. The molecule has 1 aliphatic carbocycles. The lowest BCUT2D eigenvalue weighted by atomic mass is 10.1. The van der Waals surface area contributed by atoms with Crippen molar-refractivity contribution in [1.82, 2.24) is 20.2 Å². The van der Waals surface area contributed by atoms with Gasteiger partial charge in [-0.25, -0.2) is 4.39 Å². The lowest BCUT2D eigenvalue weighted by Gasteiger charge is -2.12. The summed E-state index contributed by atoms with van der Waals surface area (Å²) >= 11 is 0. The van der Waals surface area contributed by atoms with Crippen molar-refractivity contribution in [3.8, 4) is 11.4 Å². The van der Waals surface area contributed by atoms with E-state index in [-0.39, 0.29) is 17.0 Å². The standard InChI is InChI=1S/C20H20FN7O/c1-11-8-15(21)13(18-26-20(28-27-18)24-12-5-6-12)9-17(11)25-19(29)14(10-22)16-4-2-3-7-23-16/h2-4,7-10,12H,5-6,22H2,1H3,(H,25,29)(H2,24,26,27,28). The zero-order chi connectivity index (χ0) is 20.4. The Labute approximate surface area is 166 Å². The molecule has 0 bridgehead atoms. The molecule has 1 fully saturated rings. The van der Waals surface area contributed by atoms with Crippen LogP contribution in [0, 0.1) is 12.7 Å². The maximum absolute atomic E-state index is 14.6. The molecule has 2 heterocycles. The van der Waals surface area contributed by atoms with Crippen molar-refractivity contribution in [3.05, 3.63) is 59.8 Å². The molecule has 0 atom stereocenters. The Morgan fingerprint density at radius 1 is 1.34 bits per heavy atom. The Hall–Kier alpha value is -3.75. The van der Waals surface area contributed by atoms with Crippen LogP contribution in [0.4, 0.5) is 16.0 Å². The summed E-state index contributed by atoms with van der Waals surface area (Å²) in [6.07, 6.45) is 4.92. The fraction of sp³-hybridized carbons (Fsp3) is 0.200. The molecule has 1 aromatic carbocycles. The number of anilines is 2. The molecular formula is C20H20FN7O. The molecule has 3 aromatic rings. The average Bonchev–Trinajstić information content (AvgIpc) is 3.40. The molecule has 1 amide bonds. The van der Waals surface area contributed by atoms with E-state index >= 15 is 0 Å². The van der Waals surface area contributed by atoms with Crippen LogP contribution in [-0.4, -0.2) is 32.1 Å². The lowest BCUT2D eigenvalue weighted by Crippen LogP contribution is -2.16. The topological polar surface area (TPSA) is 122 Å². The smallest absolute Gasteiger partial charge is 0.259 e. The van der Waals surface area contributed by atoms with Crippen LogP contribution in [-0.2, 0) is 4.79 Å². The van der Waals surface area contributed by atoms with Gasteiger partial charge in [0.15, 0.2) is 5.82 Å². The van der Waals surface area contributed by atoms with E-state index in [1.165, 1.54) is 18.3 Å². The summed E-state index contributed by atoms with van der Waals surface area (Å²) in [5.74, 6) is -0.202. The minimum Gasteiger partial charge on any atom is -0.404 e. The van der Waals surface area contributed by atoms with Crippen LogP contribution >= 0.6 is 0 Å². The summed E-state index contributed by atoms with van der Waals surface area (Å²) < 4.78 is 14.6. The molecular weight excluding hydrogens is 373 g/mol. The number of aromatic nitrogens is 4. The van der Waals surface area contributed by atoms with Crippen LogP contribution in [0.15, 0.2) is 42.7 Å². The lowest BCUT2D eigenvalue weighted by molar-refractivity contribution is -0.111. The van der Waals surface area contributed by atoms with Gasteiger partial charge in [-0.3, -0.25) is 14.9 Å². The quantitative estimate of drug-likeness (QED) is 0.478. The number of halogens is 1. The summed E-state index contributed by atoms with van der Waals surface area (Å²) in [6.45, 7) is 1.70. The Bertz CT molecular complexity index is 1070. The molecule has 2 aromatic heterocycles. The number of nitrogens with zero attached hydrogens (tertiary/aromatic N) is 3. The summed E-state index contributed by atoms with van der Waals surface area (Å²) in [5, 5.41) is 12.7. The first-order chi connectivity index (χ1) is 14.0. The third-order valence-electron chi connectivity index (χ3n) is 4.57. The van der Waals surface area contributed by atoms with E-state index in [1.54, 1.807) is 31.3 Å². The third kappa shape index (κ3) is 4.08. The van der Waals surface area contributed by atoms with Crippen molar-refractivity contribution in [1.29, 1.82) is 0 Å². The van der Waals surface area contributed by atoms with E-state index < -0.39 is 11.7 Å². The molecule has 1 saturated carbocycles. The molecule has 4 rings (SSSR count). The maximum Gasteiger partial charge on any atom is 0.259 e. The molecule has 29 heavy (non-hydrogen) atoms. The molecule has 0 spiro atoms. The van der Waals surface area contributed by atoms with Gasteiger partial charge in [-0.2, -0.15) is 4.98 Å². The molecule has 0 radical (unpaired) electrons. The van der Waals surface area contributed by atoms with Gasteiger partial charge < -0.3 is 16.4 Å². The van der Waals surface area contributed by atoms with E-state index in [9.17, 15) is 9.18 Å². The molecule has 0 unspecified atom stereocenters. The number of nitrogens with one attached hydrogen (secondary N) is 3. The largest absolute Gasteiger partial charge is 0.404 e. The molecule has 8 nitrogen and oxygen atoms in total. The second kappa shape index (κ2) is 7.70. The Morgan fingerprint density at radius 2 is 2.17 bits per heavy atom. The van der Waals surface area contributed by atoms with Gasteiger partial charge in [0.2, 0.25) is 5.95 Å². The molecule has 1 aliphatic rings. The Kier molecular flexibility index (Phi) is 4.94. The number of hydrogen-bond donors (Lipinski definition) is 4. The Balaban J connectivity index is 1.60. The van der Waals surface area contributed by atoms with Crippen molar-refractivity contribution < 1.29 is 9.18 Å². The summed E-state index contributed by atoms with van der Waals surface area (Å²) in [4.78, 5) is 21.2. The van der Waals surface area contributed by atoms with Gasteiger partial charge in [0.25, 0.3) is 5.91 Å². The zero-order valence-corrected chi connectivity index (χ0v) is 15.7. The number of carbonyl (C=O) groups excluding carboxylic acids is 1. The van der Waals surface area contributed by atoms with Crippen molar-refractivity contribution in [2.75, 3.05) is 10.6 Å². The fourth-order valence-electron chi connectivity index (χ4n) is 2.84. The molecule has 9 heteroatoms. The van der Waals surface area contributed by atoms with E-state index in [4.69, 9.17) is 5.73 Å². The van der Waals surface area contributed by atoms with Gasteiger partial charge in [0, 0.05) is 24.1 Å². The zero-order valence-electron chi connectivity index (χ0n) is 15.7. The van der Waals surface area contributed by atoms with Gasteiger partial charge in [0.05, 0.1) is 16.8 Å². The highest BCUT2D eigenvalue weighted by Crippen LogP contribution is 2.29. The van der Waals surface area contributed by atoms with E-state index in [0.717, 1.165) is 12.8 Å². The van der Waals surface area contributed by atoms with E-state index in [0.29, 0.717) is 28.9 Å². The van der Waals surface area contributed by atoms with Crippen LogP contribution in [0.25, 0.3) is 17.0 Å². The third-order valence-corrected chi connectivity index (χ3v) is 4.57. The minimum atomic E-state index is -0.464. The number of H-pyrrole nitrogens is 1. The van der Waals surface area contributed by atoms with Crippen LogP contribution < -0.4 is 16.4 Å². The van der Waals surface area contributed by atoms with Gasteiger partial charge in [-0.15, -0.1) is 5.10 Å². The molecule has 5 N–H and O–H groups in total. The average molecular weight is 393 g/mol. The number of pyridine rings is 1. The van der Waals surface area contributed by atoms with Gasteiger partial charge >= 0.3 is 0 Å². The number of aryl methyl sites for hydroxylation is 1. The van der Waals surface area contributed by atoms with Gasteiger partial charge in [0.1, 0.15) is 5.82 Å². The number of amides is 1. The minimum absolute atomic E-state index is 0.207. The predicted octanol–water partition coefficient (Wildman–Crippen LogP) is 2.83. The van der Waals surface area contributed by atoms with Crippen molar-refractivity contribution in [2.24, 2.45) is 5.73 Å². The van der Waals surface area contributed by atoms with Crippen LogP contribution in [0.2, 0.25) is 0 Å². The van der Waals surface area contributed by atoms with Crippen LogP contribution in [0.1, 0.15) is 24.1 Å². The highest BCUT2D eigenvalue weighted by molar-refractivity contribution is 6.24. The number of hydrogen-bond acceptors (Lipinski definition) is 6. The molecule has 0 aliphatic heterocycles. The van der Waals surface area contributed by atoms with Crippen LogP contribution in [0.5, 0.6) is 0 Å². The second-order valence-corrected chi connectivity index (χ2v) is 6.82. The Morgan fingerprint density at radius 3 is 2.86 bits per heavy atom. The normalized spacial score (nSPS) is 13.9. The predicted molar refractivity (Wildman–Crippen MR) is 108 cm³/mol. The SMILES string of the molecule is Cc1cc(F)c(-c2nc(NC3CC3)n[nH]2)cc1NC(=O)C(=CN)c1ccccn1. The van der Waals surface area contributed by atoms with Crippen molar-refractivity contribution >= 4 is 23.1 Å². The summed E-state index contributed by atoms with van der Waals surface area (Å²) in [6, 6.07) is 8.44. The number of rotatable bonds is 6. The van der Waals surface area contributed by atoms with Crippen LogP contribution in [0.3, 0.4) is 0 Å². The monoisotopic (exact) mass is 393 g/mol. The molecule has 0 saturated heterocycles. The van der Waals surface area contributed by atoms with Gasteiger partial charge in [-0.1, -0.05) is 6.07 Å². The van der Waals surface area contributed by atoms with Gasteiger partial charge in [-0.05, 0) is 49.6 Å². The maximum atomic E-state index is 14.6. The number of nitrogens with two attached hydrogens (primary N) is 1. The van der Waals surface area contributed by atoms with E-state index in [2.05, 4.69) is 30.8 Å². The van der Waals surface area contributed by atoms with E-state index in [1.807, 2.05) is 0 Å². The fourth-order valence-corrected chi connectivity index (χ4v) is 2.84. The summed E-state index contributed by atoms with van der Waals surface area (Å²) in [7, 11) is 0. The highest BCUT2D eigenvalue weighted by Gasteiger charge is 2.23. The van der Waals surface area contributed by atoms with Crippen molar-refractivity contribution in [3.63, 3.8) is 0 Å². The number of benzene rings is 1. The number of carbonyl (C=O) groups is 1. The summed E-state index contributed by atoms with van der Waals surface area (Å²) in [5.41, 5.74) is 7.50. The molecule has 148 valence electrons. The first kappa shape index (κ1) is 18.6. The number of aromatic amines is 1. The second-order valence-electron chi connectivity index (χ2n) is 6.82. The van der Waals surface area contributed by atoms with Crippen molar-refractivity contribution in [2.45, 2.75) is 25.8 Å². The highest BCUT2D eigenvalue weighted by atomic mass is 19.1.